The highest BCUT2D eigenvalue weighted by Gasteiger charge is 2.15. The summed E-state index contributed by atoms with van der Waals surface area (Å²) in [7, 11) is 0. The van der Waals surface area contributed by atoms with Crippen molar-refractivity contribution in [2.75, 3.05) is 24.6 Å². The van der Waals surface area contributed by atoms with E-state index in [1.54, 1.807) is 24.3 Å². The molecule has 128 valence electrons. The molecule has 1 amide bonds. The molecule has 0 radical (unpaired) electrons. The van der Waals surface area contributed by atoms with E-state index >= 15 is 0 Å². The average Bonchev–Trinajstić information content (AvgIpc) is 2.61. The standard InChI is InChI=1S/C19H24N2O3/c1-2-21(17-6-4-3-5-7-17)13-19(24)20-16(14-22)12-15-8-10-18(23)11-9-15/h3-11,16,22-23H,2,12-14H2,1H3,(H,20,24)/t16-/m0/s1. The van der Waals surface area contributed by atoms with Crippen LogP contribution in [0.25, 0.3) is 0 Å². The fourth-order valence-corrected chi connectivity index (χ4v) is 2.55. The number of carbonyl (C=O) groups is 1. The van der Waals surface area contributed by atoms with Crippen LogP contribution < -0.4 is 10.2 Å². The van der Waals surface area contributed by atoms with Gasteiger partial charge in [-0.05, 0) is 43.2 Å². The van der Waals surface area contributed by atoms with Crippen LogP contribution in [0, 0.1) is 0 Å². The summed E-state index contributed by atoms with van der Waals surface area (Å²) in [6.45, 7) is 2.83. The Kier molecular flexibility index (Phi) is 6.63. The minimum Gasteiger partial charge on any atom is -0.508 e. The average molecular weight is 328 g/mol. The number of hydrogen-bond acceptors (Lipinski definition) is 4. The van der Waals surface area contributed by atoms with Crippen LogP contribution in [0.4, 0.5) is 5.69 Å². The predicted molar refractivity (Wildman–Crippen MR) is 95.2 cm³/mol. The molecule has 0 spiro atoms. The number of hydrogen-bond donors (Lipinski definition) is 3. The molecule has 5 nitrogen and oxygen atoms in total. The van der Waals surface area contributed by atoms with E-state index < -0.39 is 0 Å². The number of aliphatic hydroxyl groups is 1. The Morgan fingerprint density at radius 1 is 1.12 bits per heavy atom. The lowest BCUT2D eigenvalue weighted by Gasteiger charge is -2.24. The van der Waals surface area contributed by atoms with Gasteiger partial charge in [0.2, 0.25) is 5.91 Å². The molecule has 0 unspecified atom stereocenters. The summed E-state index contributed by atoms with van der Waals surface area (Å²) in [5.41, 5.74) is 1.94. The van der Waals surface area contributed by atoms with Crippen LogP contribution >= 0.6 is 0 Å². The molecule has 0 aromatic heterocycles. The molecule has 2 rings (SSSR count). The van der Waals surface area contributed by atoms with Gasteiger partial charge in [0.1, 0.15) is 5.75 Å². The van der Waals surface area contributed by atoms with Gasteiger partial charge < -0.3 is 20.4 Å². The highest BCUT2D eigenvalue weighted by atomic mass is 16.3. The van der Waals surface area contributed by atoms with Crippen LogP contribution in [0.5, 0.6) is 5.75 Å². The van der Waals surface area contributed by atoms with Gasteiger partial charge >= 0.3 is 0 Å². The van der Waals surface area contributed by atoms with Gasteiger partial charge in [0.05, 0.1) is 19.2 Å². The first-order valence-electron chi connectivity index (χ1n) is 8.10. The third kappa shape index (κ3) is 5.28. The fourth-order valence-electron chi connectivity index (χ4n) is 2.55. The van der Waals surface area contributed by atoms with Gasteiger partial charge in [-0.3, -0.25) is 4.79 Å². The number of phenolic OH excluding ortho intramolecular Hbond substituents is 1. The summed E-state index contributed by atoms with van der Waals surface area (Å²) < 4.78 is 0. The largest absolute Gasteiger partial charge is 0.508 e. The number of amides is 1. The van der Waals surface area contributed by atoms with Crippen molar-refractivity contribution < 1.29 is 15.0 Å². The van der Waals surface area contributed by atoms with Gasteiger partial charge in [0.15, 0.2) is 0 Å². The molecule has 0 bridgehead atoms. The van der Waals surface area contributed by atoms with E-state index in [0.29, 0.717) is 6.42 Å². The number of carbonyl (C=O) groups excluding carboxylic acids is 1. The Bertz CT molecular complexity index is 629. The number of benzene rings is 2. The van der Waals surface area contributed by atoms with Crippen molar-refractivity contribution in [3.05, 3.63) is 60.2 Å². The summed E-state index contributed by atoms with van der Waals surface area (Å²) in [6.07, 6.45) is 0.514. The molecule has 0 fully saturated rings. The smallest absolute Gasteiger partial charge is 0.239 e. The SMILES string of the molecule is CCN(CC(=O)N[C@H](CO)Cc1ccc(O)cc1)c1ccccc1. The van der Waals surface area contributed by atoms with Crippen LogP contribution in [0.15, 0.2) is 54.6 Å². The zero-order valence-electron chi connectivity index (χ0n) is 13.9. The number of nitrogens with zero attached hydrogens (tertiary/aromatic N) is 1. The van der Waals surface area contributed by atoms with Crippen molar-refractivity contribution in [2.45, 2.75) is 19.4 Å². The van der Waals surface area contributed by atoms with Crippen LogP contribution in [0.3, 0.4) is 0 Å². The number of nitrogens with one attached hydrogen (secondary N) is 1. The predicted octanol–water partition coefficient (Wildman–Crippen LogP) is 1.94. The van der Waals surface area contributed by atoms with Crippen molar-refractivity contribution in [2.24, 2.45) is 0 Å². The maximum absolute atomic E-state index is 12.3. The summed E-state index contributed by atoms with van der Waals surface area (Å²) in [6, 6.07) is 16.2. The van der Waals surface area contributed by atoms with E-state index in [9.17, 15) is 15.0 Å². The lowest BCUT2D eigenvalue weighted by Crippen LogP contribution is -2.44. The first-order valence-corrected chi connectivity index (χ1v) is 8.10. The molecule has 2 aromatic carbocycles. The van der Waals surface area contributed by atoms with Gasteiger partial charge in [0, 0.05) is 12.2 Å². The first kappa shape index (κ1) is 17.8. The molecular weight excluding hydrogens is 304 g/mol. The van der Waals surface area contributed by atoms with Crippen LogP contribution in [-0.4, -0.2) is 41.9 Å². The number of phenols is 1. The van der Waals surface area contributed by atoms with Gasteiger partial charge in [-0.25, -0.2) is 0 Å². The Balaban J connectivity index is 1.92. The highest BCUT2D eigenvalue weighted by Crippen LogP contribution is 2.13. The fraction of sp³-hybridized carbons (Fsp3) is 0.316. The molecule has 2 aromatic rings. The number of para-hydroxylation sites is 1. The second-order valence-electron chi connectivity index (χ2n) is 5.67. The van der Waals surface area contributed by atoms with Crippen molar-refractivity contribution in [3.8, 4) is 5.75 Å². The number of aliphatic hydroxyl groups excluding tert-OH is 1. The minimum atomic E-state index is -0.350. The van der Waals surface area contributed by atoms with Gasteiger partial charge in [-0.2, -0.15) is 0 Å². The number of likely N-dealkylation sites (N-methyl/N-ethyl adjacent to an activating group) is 1. The number of anilines is 1. The Morgan fingerprint density at radius 3 is 2.38 bits per heavy atom. The van der Waals surface area contributed by atoms with Crippen molar-refractivity contribution in [1.29, 1.82) is 0 Å². The Labute approximate surface area is 142 Å². The Morgan fingerprint density at radius 2 is 1.79 bits per heavy atom. The Hall–Kier alpha value is -2.53. The second-order valence-corrected chi connectivity index (χ2v) is 5.67. The van der Waals surface area contributed by atoms with E-state index in [1.165, 1.54) is 0 Å². The lowest BCUT2D eigenvalue weighted by atomic mass is 10.1. The van der Waals surface area contributed by atoms with Gasteiger partial charge in [0.25, 0.3) is 0 Å². The molecule has 0 aliphatic carbocycles. The lowest BCUT2D eigenvalue weighted by molar-refractivity contribution is -0.120. The third-order valence-corrected chi connectivity index (χ3v) is 3.84. The number of rotatable bonds is 8. The summed E-state index contributed by atoms with van der Waals surface area (Å²) in [5, 5.41) is 21.7. The molecule has 0 aliphatic heterocycles. The van der Waals surface area contributed by atoms with E-state index in [1.807, 2.05) is 42.2 Å². The normalized spacial score (nSPS) is 11.8. The van der Waals surface area contributed by atoms with E-state index in [2.05, 4.69) is 5.32 Å². The molecular formula is C19H24N2O3. The molecule has 0 aliphatic rings. The molecule has 0 heterocycles. The number of aromatic hydroxyl groups is 1. The highest BCUT2D eigenvalue weighted by molar-refractivity contribution is 5.81. The molecule has 24 heavy (non-hydrogen) atoms. The molecule has 3 N–H and O–H groups in total. The molecule has 5 heteroatoms. The van der Waals surface area contributed by atoms with Crippen molar-refractivity contribution in [1.82, 2.24) is 5.32 Å². The molecule has 1 atom stereocenters. The molecule has 0 saturated carbocycles. The summed E-state index contributed by atoms with van der Waals surface area (Å²) in [5.74, 6) is 0.0725. The van der Waals surface area contributed by atoms with Gasteiger partial charge in [-0.1, -0.05) is 30.3 Å². The minimum absolute atomic E-state index is 0.126. The van der Waals surface area contributed by atoms with Gasteiger partial charge in [-0.15, -0.1) is 0 Å². The van der Waals surface area contributed by atoms with Crippen molar-refractivity contribution >= 4 is 11.6 Å². The maximum atomic E-state index is 12.3. The third-order valence-electron chi connectivity index (χ3n) is 3.84. The second kappa shape index (κ2) is 8.93. The van der Waals surface area contributed by atoms with Crippen LogP contribution in [0.1, 0.15) is 12.5 Å². The van der Waals surface area contributed by atoms with E-state index in [0.717, 1.165) is 17.8 Å². The monoisotopic (exact) mass is 328 g/mol. The topological polar surface area (TPSA) is 72.8 Å². The quantitative estimate of drug-likeness (QED) is 0.692. The molecule has 0 saturated heterocycles. The van der Waals surface area contributed by atoms with E-state index in [4.69, 9.17) is 0 Å². The van der Waals surface area contributed by atoms with Crippen LogP contribution in [0.2, 0.25) is 0 Å². The van der Waals surface area contributed by atoms with E-state index in [-0.39, 0.29) is 30.9 Å². The zero-order valence-corrected chi connectivity index (χ0v) is 13.9. The zero-order chi connectivity index (χ0) is 17.4. The summed E-state index contributed by atoms with van der Waals surface area (Å²) >= 11 is 0. The van der Waals surface area contributed by atoms with Crippen LogP contribution in [-0.2, 0) is 11.2 Å². The maximum Gasteiger partial charge on any atom is 0.239 e. The van der Waals surface area contributed by atoms with Crippen molar-refractivity contribution in [3.63, 3.8) is 0 Å². The first-order chi connectivity index (χ1) is 11.6. The summed E-state index contributed by atoms with van der Waals surface area (Å²) in [4.78, 5) is 14.3.